The molecule has 156 valence electrons. The zero-order valence-corrected chi connectivity index (χ0v) is 18.0. The van der Waals surface area contributed by atoms with Crippen LogP contribution in [0.1, 0.15) is 39.8 Å². The highest BCUT2D eigenvalue weighted by Crippen LogP contribution is 2.41. The number of rotatable bonds is 5. The molecule has 0 unspecified atom stereocenters. The number of hydrogen-bond acceptors (Lipinski definition) is 6. The lowest BCUT2D eigenvalue weighted by atomic mass is 9.88. The van der Waals surface area contributed by atoms with Crippen molar-refractivity contribution in [2.24, 2.45) is 10.7 Å². The first-order valence-corrected chi connectivity index (χ1v) is 10.6. The molecule has 2 aromatic carbocycles. The number of carbonyl (C=O) groups excluding carboxylic acids is 1. The van der Waals surface area contributed by atoms with Gasteiger partial charge in [0.1, 0.15) is 17.1 Å². The monoisotopic (exact) mass is 432 g/mol. The number of Topliss-reactive ketones (excluding diaryl/α,β-unsaturated/α-hetero) is 1. The molecule has 0 saturated carbocycles. The quantitative estimate of drug-likeness (QED) is 0.593. The van der Waals surface area contributed by atoms with Crippen LogP contribution in [0, 0.1) is 12.7 Å². The van der Waals surface area contributed by atoms with Gasteiger partial charge in [0.15, 0.2) is 11.0 Å². The summed E-state index contributed by atoms with van der Waals surface area (Å²) in [4.78, 5) is 26.3. The Balaban J connectivity index is 1.68. The lowest BCUT2D eigenvalue weighted by Gasteiger charge is -2.29. The standard InChI is InChI=1S/C24H21FN4OS/c1-15-13-28-20(14-27-15)21(30)11-16-8-9-19(25)18(10-16)24(2)12-22(31-23(26)29-24)17-6-4-3-5-7-17/h3-10,12-14H,11H2,1-2H3,(H2,26,29)/t24-/m0/s1. The highest BCUT2D eigenvalue weighted by Gasteiger charge is 2.32. The number of aromatic nitrogens is 2. The number of nitrogens with zero attached hydrogens (tertiary/aromatic N) is 3. The van der Waals surface area contributed by atoms with Crippen LogP contribution in [0.4, 0.5) is 4.39 Å². The lowest BCUT2D eigenvalue weighted by Crippen LogP contribution is -2.26. The molecule has 0 fully saturated rings. The maximum absolute atomic E-state index is 14.9. The Labute approximate surface area is 184 Å². The average Bonchev–Trinajstić information content (AvgIpc) is 2.75. The number of benzene rings is 2. The molecule has 1 aromatic heterocycles. The van der Waals surface area contributed by atoms with Crippen molar-refractivity contribution in [2.75, 3.05) is 0 Å². The van der Waals surface area contributed by atoms with E-state index in [9.17, 15) is 9.18 Å². The fourth-order valence-corrected chi connectivity index (χ4v) is 4.45. The summed E-state index contributed by atoms with van der Waals surface area (Å²) in [6, 6.07) is 14.4. The molecule has 2 heterocycles. The number of aliphatic imine (C=N–C) groups is 1. The smallest absolute Gasteiger partial charge is 0.187 e. The van der Waals surface area contributed by atoms with Crippen LogP contribution >= 0.6 is 11.8 Å². The van der Waals surface area contributed by atoms with Crippen LogP contribution in [0.5, 0.6) is 0 Å². The Morgan fingerprint density at radius 2 is 1.90 bits per heavy atom. The summed E-state index contributed by atoms with van der Waals surface area (Å²) in [7, 11) is 0. The first-order valence-electron chi connectivity index (χ1n) is 9.76. The van der Waals surface area contributed by atoms with Crippen LogP contribution in [-0.4, -0.2) is 20.9 Å². The average molecular weight is 433 g/mol. The van der Waals surface area contributed by atoms with Gasteiger partial charge in [0.05, 0.1) is 11.9 Å². The van der Waals surface area contributed by atoms with Crippen molar-refractivity contribution < 1.29 is 9.18 Å². The maximum Gasteiger partial charge on any atom is 0.187 e. The van der Waals surface area contributed by atoms with Crippen LogP contribution < -0.4 is 5.73 Å². The lowest BCUT2D eigenvalue weighted by molar-refractivity contribution is 0.0987. The van der Waals surface area contributed by atoms with E-state index in [-0.39, 0.29) is 17.9 Å². The SMILES string of the molecule is Cc1cnc(C(=O)Cc2ccc(F)c([C@]3(C)C=C(c4ccccc4)SC(N)=N3)c2)cn1. The number of nitrogens with two attached hydrogens (primary N) is 1. The highest BCUT2D eigenvalue weighted by molar-refractivity contribution is 8.21. The Morgan fingerprint density at radius 1 is 1.13 bits per heavy atom. The molecule has 31 heavy (non-hydrogen) atoms. The molecule has 0 saturated heterocycles. The molecular weight excluding hydrogens is 411 g/mol. The fraction of sp³-hybridized carbons (Fsp3) is 0.167. The summed E-state index contributed by atoms with van der Waals surface area (Å²) in [5, 5.41) is 0.361. The highest BCUT2D eigenvalue weighted by atomic mass is 32.2. The summed E-state index contributed by atoms with van der Waals surface area (Å²) in [5.74, 6) is -0.584. The van der Waals surface area contributed by atoms with Crippen LogP contribution in [-0.2, 0) is 12.0 Å². The molecule has 7 heteroatoms. The molecule has 0 radical (unpaired) electrons. The normalized spacial score (nSPS) is 18.3. The van der Waals surface area contributed by atoms with E-state index < -0.39 is 11.4 Å². The minimum atomic E-state index is -0.993. The predicted octanol–water partition coefficient (Wildman–Crippen LogP) is 4.67. The molecule has 0 amide bonds. The third kappa shape index (κ3) is 4.56. The number of ketones is 1. The fourth-order valence-electron chi connectivity index (χ4n) is 3.45. The summed E-state index contributed by atoms with van der Waals surface area (Å²) < 4.78 is 14.9. The van der Waals surface area contributed by atoms with Gasteiger partial charge in [-0.15, -0.1) is 0 Å². The Hall–Kier alpha value is -3.32. The zero-order chi connectivity index (χ0) is 22.0. The topological polar surface area (TPSA) is 81.2 Å². The van der Waals surface area contributed by atoms with Gasteiger partial charge in [-0.2, -0.15) is 0 Å². The molecule has 1 aliphatic heterocycles. The van der Waals surface area contributed by atoms with Gasteiger partial charge in [-0.1, -0.05) is 48.2 Å². The summed E-state index contributed by atoms with van der Waals surface area (Å²) in [5.41, 5.74) is 8.16. The second-order valence-electron chi connectivity index (χ2n) is 7.53. The van der Waals surface area contributed by atoms with Gasteiger partial charge in [-0.3, -0.25) is 9.78 Å². The van der Waals surface area contributed by atoms with E-state index in [1.807, 2.05) is 43.3 Å². The van der Waals surface area contributed by atoms with Crippen molar-refractivity contribution in [2.45, 2.75) is 25.8 Å². The third-order valence-corrected chi connectivity index (χ3v) is 5.91. The largest absolute Gasteiger partial charge is 0.378 e. The van der Waals surface area contributed by atoms with Crippen LogP contribution in [0.3, 0.4) is 0 Å². The van der Waals surface area contributed by atoms with E-state index in [4.69, 9.17) is 5.73 Å². The molecule has 0 bridgehead atoms. The van der Waals surface area contributed by atoms with Crippen LogP contribution in [0.2, 0.25) is 0 Å². The first-order chi connectivity index (χ1) is 14.8. The molecule has 0 aliphatic carbocycles. The van der Waals surface area contributed by atoms with E-state index >= 15 is 0 Å². The summed E-state index contributed by atoms with van der Waals surface area (Å²) in [6.07, 6.45) is 5.02. The predicted molar refractivity (Wildman–Crippen MR) is 122 cm³/mol. The second-order valence-corrected chi connectivity index (χ2v) is 8.59. The molecule has 2 N–H and O–H groups in total. The van der Waals surface area contributed by atoms with E-state index in [1.165, 1.54) is 24.0 Å². The Bertz CT molecular complexity index is 1190. The number of halogens is 1. The van der Waals surface area contributed by atoms with Gasteiger partial charge in [-0.05, 0) is 43.2 Å². The molecule has 3 aromatic rings. The number of aryl methyl sites for hydroxylation is 1. The van der Waals surface area contributed by atoms with Crippen LogP contribution in [0.25, 0.3) is 4.91 Å². The number of thioether (sulfide) groups is 1. The van der Waals surface area contributed by atoms with E-state index in [2.05, 4.69) is 15.0 Å². The van der Waals surface area contributed by atoms with Gasteiger partial charge < -0.3 is 5.73 Å². The number of carbonyl (C=O) groups is 1. The second kappa shape index (κ2) is 8.43. The van der Waals surface area contributed by atoms with E-state index in [0.29, 0.717) is 16.3 Å². The first kappa shape index (κ1) is 20.9. The third-order valence-electron chi connectivity index (χ3n) is 5.03. The molecule has 5 nitrogen and oxygen atoms in total. The van der Waals surface area contributed by atoms with Crippen LogP contribution in [0.15, 0.2) is 72.0 Å². The van der Waals surface area contributed by atoms with Gasteiger partial charge >= 0.3 is 0 Å². The van der Waals surface area contributed by atoms with Crippen molar-refractivity contribution in [3.63, 3.8) is 0 Å². The molecule has 4 rings (SSSR count). The molecular formula is C24H21FN4OS. The minimum Gasteiger partial charge on any atom is -0.378 e. The molecule has 1 atom stereocenters. The Kier molecular flexibility index (Phi) is 5.69. The summed E-state index contributed by atoms with van der Waals surface area (Å²) >= 11 is 1.35. The summed E-state index contributed by atoms with van der Waals surface area (Å²) in [6.45, 7) is 3.62. The maximum atomic E-state index is 14.9. The van der Waals surface area contributed by atoms with Gasteiger partial charge in [0, 0.05) is 23.1 Å². The molecule has 0 spiro atoms. The van der Waals surface area contributed by atoms with E-state index in [1.54, 1.807) is 25.3 Å². The van der Waals surface area contributed by atoms with Crippen molar-refractivity contribution in [3.8, 4) is 0 Å². The van der Waals surface area contributed by atoms with Gasteiger partial charge in [0.25, 0.3) is 0 Å². The van der Waals surface area contributed by atoms with Crippen molar-refractivity contribution in [1.29, 1.82) is 0 Å². The van der Waals surface area contributed by atoms with Gasteiger partial charge in [0.2, 0.25) is 0 Å². The Morgan fingerprint density at radius 3 is 2.61 bits per heavy atom. The van der Waals surface area contributed by atoms with Crippen molar-refractivity contribution >= 4 is 27.6 Å². The van der Waals surface area contributed by atoms with Crippen molar-refractivity contribution in [3.05, 3.63) is 101 Å². The van der Waals surface area contributed by atoms with Crippen molar-refractivity contribution in [1.82, 2.24) is 9.97 Å². The van der Waals surface area contributed by atoms with E-state index in [0.717, 1.165) is 16.2 Å². The minimum absolute atomic E-state index is 0.0876. The molecule has 1 aliphatic rings. The van der Waals surface area contributed by atoms with Gasteiger partial charge in [-0.25, -0.2) is 14.4 Å². The number of hydrogen-bond donors (Lipinski definition) is 1. The number of amidine groups is 1. The zero-order valence-electron chi connectivity index (χ0n) is 17.2.